The summed E-state index contributed by atoms with van der Waals surface area (Å²) in [6, 6.07) is 30.5. The molecule has 2 heterocycles. The first-order chi connectivity index (χ1) is 23.7. The molecule has 6 rings (SSSR count). The number of aliphatic imine (C=N–C) groups is 1. The van der Waals surface area contributed by atoms with Crippen LogP contribution in [0.2, 0.25) is 0 Å². The largest absolute Gasteiger partial charge is 0.497 e. The molecule has 1 atom stereocenters. The van der Waals surface area contributed by atoms with Gasteiger partial charge in [0.2, 0.25) is 11.8 Å². The van der Waals surface area contributed by atoms with E-state index in [9.17, 15) is 9.59 Å². The number of amides is 2. The molecule has 1 unspecified atom stereocenters. The van der Waals surface area contributed by atoms with Crippen molar-refractivity contribution in [2.24, 2.45) is 4.99 Å². The number of H-pyrrole nitrogens is 1. The number of methoxy groups -OCH3 is 2. The first-order valence-corrected chi connectivity index (χ1v) is 18.0. The number of benzene rings is 4. The molecule has 1 aliphatic heterocycles. The van der Waals surface area contributed by atoms with Gasteiger partial charge in [-0.1, -0.05) is 90.2 Å². The molecule has 10 heteroatoms. The average molecular weight is 836 g/mol. The molecular weight excluding hydrogens is 795 g/mol. The van der Waals surface area contributed by atoms with E-state index in [0.29, 0.717) is 19.5 Å². The maximum absolute atomic E-state index is 11.6. The van der Waals surface area contributed by atoms with Crippen molar-refractivity contribution in [2.75, 3.05) is 27.3 Å². The van der Waals surface area contributed by atoms with Crippen molar-refractivity contribution in [1.82, 2.24) is 15.6 Å². The lowest BCUT2D eigenvalue weighted by molar-refractivity contribution is -0.121. The van der Waals surface area contributed by atoms with E-state index >= 15 is 0 Å². The van der Waals surface area contributed by atoms with Crippen LogP contribution in [0.3, 0.4) is 0 Å². The Morgan fingerprint density at radius 1 is 0.898 bits per heavy atom. The van der Waals surface area contributed by atoms with E-state index in [1.54, 1.807) is 14.2 Å². The molecule has 1 aliphatic rings. The average Bonchev–Trinajstić information content (AvgIpc) is 3.62. The lowest BCUT2D eigenvalue weighted by atomic mass is 9.88. The lowest BCUT2D eigenvalue weighted by Gasteiger charge is -2.26. The van der Waals surface area contributed by atoms with Gasteiger partial charge in [-0.05, 0) is 75.8 Å². The predicted molar refractivity (Wildman–Crippen MR) is 210 cm³/mol. The van der Waals surface area contributed by atoms with E-state index < -0.39 is 0 Å². The SMILES string of the molecule is CCC(=O)NCCC1(I)C(c2ccccc2)=Nc2ccc(OC)cc21.COc1cc2c(CCNC(C)=O)c(-c3ccccc3)[nH]c2cc1Br. The fourth-order valence-electron chi connectivity index (χ4n) is 5.92. The van der Waals surface area contributed by atoms with Crippen LogP contribution >= 0.6 is 38.5 Å². The third-order valence-corrected chi connectivity index (χ3v) is 10.6. The summed E-state index contributed by atoms with van der Waals surface area (Å²) in [7, 11) is 3.33. The van der Waals surface area contributed by atoms with E-state index in [2.05, 4.69) is 84.5 Å². The van der Waals surface area contributed by atoms with Crippen molar-refractivity contribution in [1.29, 1.82) is 0 Å². The molecule has 3 N–H and O–H groups in total. The Bertz CT molecular complexity index is 1960. The fraction of sp³-hybridized carbons (Fsp3) is 0.256. The molecule has 0 fully saturated rings. The second-order valence-electron chi connectivity index (χ2n) is 11.6. The van der Waals surface area contributed by atoms with Crippen LogP contribution in [0.25, 0.3) is 22.2 Å². The maximum atomic E-state index is 11.6. The van der Waals surface area contributed by atoms with Gasteiger partial charge in [-0.2, -0.15) is 0 Å². The van der Waals surface area contributed by atoms with Gasteiger partial charge in [0.15, 0.2) is 0 Å². The summed E-state index contributed by atoms with van der Waals surface area (Å²) in [4.78, 5) is 31.2. The number of fused-ring (bicyclic) bond motifs is 2. The van der Waals surface area contributed by atoms with Crippen molar-refractivity contribution in [3.05, 3.63) is 112 Å². The zero-order chi connectivity index (χ0) is 35.0. The molecule has 0 radical (unpaired) electrons. The number of ether oxygens (including phenoxy) is 2. The van der Waals surface area contributed by atoms with Gasteiger partial charge in [0.1, 0.15) is 11.5 Å². The number of nitrogens with one attached hydrogen (secondary N) is 3. The van der Waals surface area contributed by atoms with Crippen molar-refractivity contribution < 1.29 is 19.1 Å². The topological polar surface area (TPSA) is 105 Å². The van der Waals surface area contributed by atoms with Gasteiger partial charge < -0.3 is 25.1 Å². The monoisotopic (exact) mass is 834 g/mol. The number of alkyl halides is 1. The van der Waals surface area contributed by atoms with Gasteiger partial charge in [-0.15, -0.1) is 0 Å². The quantitative estimate of drug-likeness (QED) is 0.0916. The Labute approximate surface area is 309 Å². The second-order valence-corrected chi connectivity index (χ2v) is 14.3. The zero-order valence-corrected chi connectivity index (χ0v) is 31.8. The summed E-state index contributed by atoms with van der Waals surface area (Å²) in [6.07, 6.45) is 2.01. The van der Waals surface area contributed by atoms with Crippen LogP contribution in [0.4, 0.5) is 5.69 Å². The standard InChI is InChI=1S/C20H21IN2O2.C19H19BrN2O2/c1-3-18(24)22-12-11-20(21)16-13-15(25-2)9-10-17(16)23-19(20)14-7-5-4-6-8-14;1-12(23)21-9-8-14-15-10-18(24-2)16(20)11-17(15)22-19(14)13-6-4-3-5-7-13/h4-10,13H,3,11-12H2,1-2H3,(H,22,24);3-7,10-11,22H,8-9H2,1-2H3,(H,21,23). The molecule has 0 saturated heterocycles. The highest BCUT2D eigenvalue weighted by molar-refractivity contribution is 14.1. The van der Waals surface area contributed by atoms with E-state index in [0.717, 1.165) is 73.5 Å². The molecule has 254 valence electrons. The molecule has 2 amide bonds. The maximum Gasteiger partial charge on any atom is 0.219 e. The third-order valence-electron chi connectivity index (χ3n) is 8.39. The summed E-state index contributed by atoms with van der Waals surface area (Å²) in [6.45, 7) is 4.60. The number of halogens is 2. The fourth-order valence-corrected chi connectivity index (χ4v) is 7.56. The minimum atomic E-state index is -0.302. The predicted octanol–water partition coefficient (Wildman–Crippen LogP) is 8.66. The molecule has 0 spiro atoms. The summed E-state index contributed by atoms with van der Waals surface area (Å²) in [5, 5.41) is 6.97. The zero-order valence-electron chi connectivity index (χ0n) is 28.0. The van der Waals surface area contributed by atoms with Crippen LogP contribution < -0.4 is 20.1 Å². The van der Waals surface area contributed by atoms with E-state index in [-0.39, 0.29) is 15.2 Å². The minimum Gasteiger partial charge on any atom is -0.497 e. The number of aromatic amines is 1. The minimum absolute atomic E-state index is 0.0172. The number of aromatic nitrogens is 1. The highest BCUT2D eigenvalue weighted by atomic mass is 127. The Hall–Kier alpha value is -4.16. The van der Waals surface area contributed by atoms with Gasteiger partial charge in [0, 0.05) is 48.6 Å². The summed E-state index contributed by atoms with van der Waals surface area (Å²) in [5.74, 6) is 1.67. The normalized spacial score (nSPS) is 14.7. The Balaban J connectivity index is 0.000000191. The smallest absolute Gasteiger partial charge is 0.219 e. The number of hydrogen-bond acceptors (Lipinski definition) is 5. The molecule has 49 heavy (non-hydrogen) atoms. The summed E-state index contributed by atoms with van der Waals surface area (Å²) < 4.78 is 11.5. The van der Waals surface area contributed by atoms with Gasteiger partial charge in [0.05, 0.1) is 33.5 Å². The van der Waals surface area contributed by atoms with Gasteiger partial charge in [0.25, 0.3) is 0 Å². The second kappa shape index (κ2) is 16.5. The Morgan fingerprint density at radius 2 is 1.59 bits per heavy atom. The molecule has 4 aromatic carbocycles. The lowest BCUT2D eigenvalue weighted by Crippen LogP contribution is -2.33. The molecule has 5 aromatic rings. The summed E-state index contributed by atoms with van der Waals surface area (Å²) >= 11 is 6.01. The van der Waals surface area contributed by atoms with E-state index in [4.69, 9.17) is 14.5 Å². The molecular formula is C39H40BrIN4O4. The van der Waals surface area contributed by atoms with Gasteiger partial charge in [-0.25, -0.2) is 0 Å². The van der Waals surface area contributed by atoms with Gasteiger partial charge in [-0.3, -0.25) is 14.6 Å². The van der Waals surface area contributed by atoms with Crippen LogP contribution in [0, 0.1) is 0 Å². The molecule has 8 nitrogen and oxygen atoms in total. The molecule has 1 aromatic heterocycles. The van der Waals surface area contributed by atoms with E-state index in [1.807, 2.05) is 67.6 Å². The van der Waals surface area contributed by atoms with Gasteiger partial charge >= 0.3 is 0 Å². The summed E-state index contributed by atoms with van der Waals surface area (Å²) in [5.41, 5.74) is 8.66. The van der Waals surface area contributed by atoms with Crippen molar-refractivity contribution in [3.8, 4) is 22.8 Å². The van der Waals surface area contributed by atoms with Crippen molar-refractivity contribution in [2.45, 2.75) is 36.5 Å². The van der Waals surface area contributed by atoms with Crippen LogP contribution in [0.15, 0.2) is 100 Å². The molecule has 0 aliphatic carbocycles. The number of rotatable bonds is 11. The van der Waals surface area contributed by atoms with Crippen LogP contribution in [-0.4, -0.2) is 49.8 Å². The van der Waals surface area contributed by atoms with Crippen LogP contribution in [0.1, 0.15) is 43.4 Å². The first-order valence-electron chi connectivity index (χ1n) is 16.1. The van der Waals surface area contributed by atoms with Crippen LogP contribution in [-0.2, 0) is 19.4 Å². The molecule has 0 bridgehead atoms. The highest BCUT2D eigenvalue weighted by Crippen LogP contribution is 2.50. The van der Waals surface area contributed by atoms with Crippen LogP contribution in [0.5, 0.6) is 11.5 Å². The van der Waals surface area contributed by atoms with Crippen molar-refractivity contribution >= 4 is 72.6 Å². The first kappa shape index (κ1) is 36.1. The van der Waals surface area contributed by atoms with Crippen molar-refractivity contribution in [3.63, 3.8) is 0 Å². The number of hydrogen-bond donors (Lipinski definition) is 3. The Kier molecular flexibility index (Phi) is 12.2. The molecule has 0 saturated carbocycles. The number of carbonyl (C=O) groups excluding carboxylic acids is 2. The Morgan fingerprint density at radius 3 is 2.22 bits per heavy atom. The number of nitrogens with zero attached hydrogens (tertiary/aromatic N) is 1. The van der Waals surface area contributed by atoms with E-state index in [1.165, 1.54) is 12.5 Å². The third kappa shape index (κ3) is 8.36. The highest BCUT2D eigenvalue weighted by Gasteiger charge is 2.42. The number of carbonyl (C=O) groups is 2.